The summed E-state index contributed by atoms with van der Waals surface area (Å²) in [6, 6.07) is 12.9. The lowest BCUT2D eigenvalue weighted by molar-refractivity contribution is -0.384. The van der Waals surface area contributed by atoms with E-state index in [0.717, 1.165) is 17.7 Å². The topological polar surface area (TPSA) is 101 Å². The highest BCUT2D eigenvalue weighted by molar-refractivity contribution is 7.89. The Bertz CT molecular complexity index is 803. The van der Waals surface area contributed by atoms with E-state index in [-0.39, 0.29) is 10.6 Å². The van der Waals surface area contributed by atoms with Crippen molar-refractivity contribution in [3.05, 3.63) is 64.2 Å². The zero-order chi connectivity index (χ0) is 18.3. The summed E-state index contributed by atoms with van der Waals surface area (Å²) < 4.78 is 26.8. The van der Waals surface area contributed by atoms with Crippen molar-refractivity contribution in [1.29, 1.82) is 0 Å². The van der Waals surface area contributed by atoms with Crippen LogP contribution >= 0.6 is 0 Å². The molecule has 134 valence electrons. The van der Waals surface area contributed by atoms with Crippen molar-refractivity contribution >= 4 is 21.4 Å². The lowest BCUT2D eigenvalue weighted by Gasteiger charge is -2.08. The molecule has 0 bridgehead atoms. The first-order chi connectivity index (χ1) is 11.9. The standard InChI is InChI=1S/C17H21N3O4S/c1-14-4-10-17(11-5-14)25(23,24)19-13-3-2-12-18-15-6-8-16(9-7-15)20(21)22/h4-11,18-19H,2-3,12-13H2,1H3. The Labute approximate surface area is 147 Å². The van der Waals surface area contributed by atoms with Crippen LogP contribution in [-0.4, -0.2) is 26.4 Å². The van der Waals surface area contributed by atoms with Crippen molar-refractivity contribution in [2.45, 2.75) is 24.7 Å². The molecule has 25 heavy (non-hydrogen) atoms. The second kappa shape index (κ2) is 8.59. The van der Waals surface area contributed by atoms with Crippen molar-refractivity contribution in [3.63, 3.8) is 0 Å². The predicted octanol–water partition coefficient (Wildman–Crippen LogP) is 3.07. The molecule has 0 unspecified atom stereocenters. The van der Waals surface area contributed by atoms with E-state index in [0.29, 0.717) is 19.5 Å². The summed E-state index contributed by atoms with van der Waals surface area (Å²) in [5, 5.41) is 13.7. The first-order valence-electron chi connectivity index (χ1n) is 7.93. The summed E-state index contributed by atoms with van der Waals surface area (Å²) in [7, 11) is -3.46. The predicted molar refractivity (Wildman–Crippen MR) is 97.2 cm³/mol. The molecule has 2 N–H and O–H groups in total. The fourth-order valence-corrected chi connectivity index (χ4v) is 3.27. The van der Waals surface area contributed by atoms with Gasteiger partial charge in [-0.1, -0.05) is 17.7 Å². The minimum absolute atomic E-state index is 0.0519. The van der Waals surface area contributed by atoms with E-state index in [4.69, 9.17) is 0 Å². The fraction of sp³-hybridized carbons (Fsp3) is 0.294. The first-order valence-corrected chi connectivity index (χ1v) is 9.41. The molecule has 0 heterocycles. The molecule has 0 aliphatic rings. The van der Waals surface area contributed by atoms with Crippen LogP contribution in [0.4, 0.5) is 11.4 Å². The molecule has 7 nitrogen and oxygen atoms in total. The Balaban J connectivity index is 1.69. The summed E-state index contributed by atoms with van der Waals surface area (Å²) in [5.74, 6) is 0. The maximum absolute atomic E-state index is 12.1. The Morgan fingerprint density at radius 1 is 0.960 bits per heavy atom. The van der Waals surface area contributed by atoms with Crippen molar-refractivity contribution in [3.8, 4) is 0 Å². The second-order valence-electron chi connectivity index (χ2n) is 5.65. The molecular weight excluding hydrogens is 342 g/mol. The van der Waals surface area contributed by atoms with Gasteiger partial charge in [-0.05, 0) is 44.0 Å². The van der Waals surface area contributed by atoms with Crippen LogP contribution < -0.4 is 10.0 Å². The Hall–Kier alpha value is -2.45. The van der Waals surface area contributed by atoms with Crippen LogP contribution in [0.1, 0.15) is 18.4 Å². The van der Waals surface area contributed by atoms with E-state index in [9.17, 15) is 18.5 Å². The molecular formula is C17H21N3O4S. The maximum atomic E-state index is 12.1. The van der Waals surface area contributed by atoms with Crippen LogP contribution in [0.5, 0.6) is 0 Å². The van der Waals surface area contributed by atoms with Gasteiger partial charge in [0.05, 0.1) is 9.82 Å². The number of rotatable bonds is 9. The molecule has 0 fully saturated rings. The number of aryl methyl sites for hydroxylation is 1. The van der Waals surface area contributed by atoms with Gasteiger partial charge in [0.15, 0.2) is 0 Å². The van der Waals surface area contributed by atoms with Crippen LogP contribution in [0.15, 0.2) is 53.4 Å². The number of non-ortho nitro benzene ring substituents is 1. The van der Waals surface area contributed by atoms with Crippen molar-refractivity contribution in [1.82, 2.24) is 4.72 Å². The average molecular weight is 363 g/mol. The first kappa shape index (κ1) is 18.9. The van der Waals surface area contributed by atoms with Crippen molar-refractivity contribution in [2.75, 3.05) is 18.4 Å². The molecule has 0 saturated carbocycles. The molecule has 0 saturated heterocycles. The van der Waals surface area contributed by atoms with E-state index in [1.165, 1.54) is 12.1 Å². The van der Waals surface area contributed by atoms with Gasteiger partial charge in [-0.3, -0.25) is 10.1 Å². The van der Waals surface area contributed by atoms with Gasteiger partial charge in [0.25, 0.3) is 5.69 Å². The van der Waals surface area contributed by atoms with Crippen LogP contribution in [0.3, 0.4) is 0 Å². The number of unbranched alkanes of at least 4 members (excludes halogenated alkanes) is 1. The fourth-order valence-electron chi connectivity index (χ4n) is 2.19. The van der Waals surface area contributed by atoms with Crippen molar-refractivity contribution in [2.24, 2.45) is 0 Å². The summed E-state index contributed by atoms with van der Waals surface area (Å²) in [5.41, 5.74) is 1.86. The number of sulfonamides is 1. The minimum Gasteiger partial charge on any atom is -0.385 e. The number of hydrogen-bond donors (Lipinski definition) is 2. The van der Waals surface area contributed by atoms with Crippen LogP contribution in [0, 0.1) is 17.0 Å². The number of nitro benzene ring substituents is 1. The van der Waals surface area contributed by atoms with Gasteiger partial charge in [0.1, 0.15) is 0 Å². The van der Waals surface area contributed by atoms with Crippen molar-refractivity contribution < 1.29 is 13.3 Å². The minimum atomic E-state index is -3.46. The van der Waals surface area contributed by atoms with Gasteiger partial charge in [-0.15, -0.1) is 0 Å². The lowest BCUT2D eigenvalue weighted by Crippen LogP contribution is -2.25. The largest absolute Gasteiger partial charge is 0.385 e. The third kappa shape index (κ3) is 5.84. The number of nitrogens with zero attached hydrogens (tertiary/aromatic N) is 1. The van der Waals surface area contributed by atoms with Gasteiger partial charge in [-0.2, -0.15) is 0 Å². The van der Waals surface area contributed by atoms with Crippen LogP contribution in [0.25, 0.3) is 0 Å². The Morgan fingerprint density at radius 2 is 1.56 bits per heavy atom. The number of benzene rings is 2. The van der Waals surface area contributed by atoms with Gasteiger partial charge < -0.3 is 5.32 Å². The summed E-state index contributed by atoms with van der Waals surface area (Å²) in [6.07, 6.45) is 1.46. The quantitative estimate of drug-likeness (QED) is 0.405. The van der Waals surface area contributed by atoms with Gasteiger partial charge >= 0.3 is 0 Å². The molecule has 8 heteroatoms. The number of anilines is 1. The van der Waals surface area contributed by atoms with E-state index in [1.54, 1.807) is 36.4 Å². The maximum Gasteiger partial charge on any atom is 0.269 e. The average Bonchev–Trinajstić information content (AvgIpc) is 2.58. The highest BCUT2D eigenvalue weighted by Crippen LogP contribution is 2.15. The Kier molecular flexibility index (Phi) is 6.49. The molecule has 0 aliphatic heterocycles. The molecule has 2 aromatic carbocycles. The third-order valence-electron chi connectivity index (χ3n) is 3.63. The molecule has 2 rings (SSSR count). The number of hydrogen-bond acceptors (Lipinski definition) is 5. The Morgan fingerprint density at radius 3 is 2.16 bits per heavy atom. The highest BCUT2D eigenvalue weighted by atomic mass is 32.2. The van der Waals surface area contributed by atoms with E-state index >= 15 is 0 Å². The van der Waals surface area contributed by atoms with E-state index in [1.807, 2.05) is 6.92 Å². The summed E-state index contributed by atoms with van der Waals surface area (Å²) >= 11 is 0. The highest BCUT2D eigenvalue weighted by Gasteiger charge is 2.12. The molecule has 2 aromatic rings. The smallest absolute Gasteiger partial charge is 0.269 e. The van der Waals surface area contributed by atoms with E-state index < -0.39 is 14.9 Å². The zero-order valence-electron chi connectivity index (χ0n) is 13.9. The number of nitro groups is 1. The molecule has 0 aromatic heterocycles. The van der Waals surface area contributed by atoms with Crippen LogP contribution in [0.2, 0.25) is 0 Å². The second-order valence-corrected chi connectivity index (χ2v) is 7.42. The lowest BCUT2D eigenvalue weighted by atomic mass is 10.2. The van der Waals surface area contributed by atoms with Gasteiger partial charge in [-0.25, -0.2) is 13.1 Å². The van der Waals surface area contributed by atoms with Crippen LogP contribution in [-0.2, 0) is 10.0 Å². The van der Waals surface area contributed by atoms with Gasteiger partial charge in [0, 0.05) is 30.9 Å². The van der Waals surface area contributed by atoms with Gasteiger partial charge in [0.2, 0.25) is 10.0 Å². The summed E-state index contributed by atoms with van der Waals surface area (Å²) in [4.78, 5) is 10.4. The zero-order valence-corrected chi connectivity index (χ0v) is 14.8. The van der Waals surface area contributed by atoms with E-state index in [2.05, 4.69) is 10.0 Å². The molecule has 0 amide bonds. The summed E-state index contributed by atoms with van der Waals surface area (Å²) in [6.45, 7) is 2.92. The normalized spacial score (nSPS) is 11.2. The third-order valence-corrected chi connectivity index (χ3v) is 5.11. The monoisotopic (exact) mass is 363 g/mol. The number of nitrogens with one attached hydrogen (secondary N) is 2. The SMILES string of the molecule is Cc1ccc(S(=O)(=O)NCCCCNc2ccc([N+](=O)[O-])cc2)cc1. The molecule has 0 atom stereocenters. The molecule has 0 aliphatic carbocycles. The molecule has 0 radical (unpaired) electrons. The molecule has 0 spiro atoms.